The molecule has 0 aromatic heterocycles. The van der Waals surface area contributed by atoms with E-state index in [0.29, 0.717) is 0 Å². The van der Waals surface area contributed by atoms with E-state index in [1.54, 1.807) is 0 Å². The monoisotopic (exact) mass is 241 g/mol. The average molecular weight is 241 g/mol. The summed E-state index contributed by atoms with van der Waals surface area (Å²) in [6.07, 6.45) is 11.2. The molecule has 0 aromatic rings. The second-order valence-electron chi connectivity index (χ2n) is 5.90. The van der Waals surface area contributed by atoms with Gasteiger partial charge in [-0.3, -0.25) is 0 Å². The highest BCUT2D eigenvalue weighted by Gasteiger charge is 2.10. The number of hydrogen-bond donors (Lipinski definition) is 1. The van der Waals surface area contributed by atoms with Gasteiger partial charge in [0.2, 0.25) is 0 Å². The van der Waals surface area contributed by atoms with E-state index >= 15 is 0 Å². The molecule has 0 fully saturated rings. The van der Waals surface area contributed by atoms with Crippen molar-refractivity contribution in [1.82, 2.24) is 5.32 Å². The molecule has 0 aromatic carbocycles. The standard InChI is InChI=1S/C16H35N/c1-5-7-8-9-10-11-16(13-15(3)4)14-17-12-6-2/h15-17H,5-14H2,1-4H3. The summed E-state index contributed by atoms with van der Waals surface area (Å²) < 4.78 is 0. The van der Waals surface area contributed by atoms with Gasteiger partial charge in [-0.2, -0.15) is 0 Å². The zero-order valence-electron chi connectivity index (χ0n) is 12.7. The molecular formula is C16H35N. The van der Waals surface area contributed by atoms with E-state index < -0.39 is 0 Å². The van der Waals surface area contributed by atoms with Crippen LogP contribution >= 0.6 is 0 Å². The van der Waals surface area contributed by atoms with Gasteiger partial charge in [0.1, 0.15) is 0 Å². The van der Waals surface area contributed by atoms with Crippen LogP contribution in [0.25, 0.3) is 0 Å². The molecule has 0 saturated carbocycles. The van der Waals surface area contributed by atoms with E-state index in [0.717, 1.165) is 11.8 Å². The first-order valence-corrected chi connectivity index (χ1v) is 7.91. The van der Waals surface area contributed by atoms with Crippen LogP contribution in [0, 0.1) is 11.8 Å². The van der Waals surface area contributed by atoms with Gasteiger partial charge in [0.15, 0.2) is 0 Å². The lowest BCUT2D eigenvalue weighted by atomic mass is 9.91. The van der Waals surface area contributed by atoms with Gasteiger partial charge in [-0.15, -0.1) is 0 Å². The molecule has 1 heteroatoms. The normalized spacial score (nSPS) is 13.2. The van der Waals surface area contributed by atoms with Crippen LogP contribution in [-0.4, -0.2) is 13.1 Å². The highest BCUT2D eigenvalue weighted by atomic mass is 14.8. The minimum atomic E-state index is 0.846. The highest BCUT2D eigenvalue weighted by molar-refractivity contribution is 4.65. The summed E-state index contributed by atoms with van der Waals surface area (Å²) in [4.78, 5) is 0. The maximum absolute atomic E-state index is 3.59. The molecule has 0 spiro atoms. The van der Waals surface area contributed by atoms with E-state index in [1.165, 1.54) is 64.5 Å². The minimum absolute atomic E-state index is 0.846. The smallest absolute Gasteiger partial charge is 0.00204 e. The minimum Gasteiger partial charge on any atom is -0.316 e. The van der Waals surface area contributed by atoms with Crippen molar-refractivity contribution in [3.63, 3.8) is 0 Å². The first-order valence-electron chi connectivity index (χ1n) is 7.91. The molecule has 0 rings (SSSR count). The second-order valence-corrected chi connectivity index (χ2v) is 5.90. The van der Waals surface area contributed by atoms with Crippen molar-refractivity contribution in [3.05, 3.63) is 0 Å². The van der Waals surface area contributed by atoms with Crippen LogP contribution in [0.15, 0.2) is 0 Å². The quantitative estimate of drug-likeness (QED) is 0.474. The molecule has 1 unspecified atom stereocenters. The zero-order chi connectivity index (χ0) is 12.9. The Bertz CT molecular complexity index is 142. The van der Waals surface area contributed by atoms with Gasteiger partial charge in [-0.25, -0.2) is 0 Å². The SMILES string of the molecule is CCCCCCCC(CNCCC)CC(C)C. The fourth-order valence-electron chi connectivity index (χ4n) is 2.49. The Labute approximate surface area is 110 Å². The Morgan fingerprint density at radius 2 is 1.59 bits per heavy atom. The van der Waals surface area contributed by atoms with E-state index in [2.05, 4.69) is 33.0 Å². The summed E-state index contributed by atoms with van der Waals surface area (Å²) in [5, 5.41) is 3.59. The predicted molar refractivity (Wildman–Crippen MR) is 79.5 cm³/mol. The van der Waals surface area contributed by atoms with Crippen LogP contribution < -0.4 is 5.32 Å². The van der Waals surface area contributed by atoms with Crippen molar-refractivity contribution in [3.8, 4) is 0 Å². The van der Waals surface area contributed by atoms with Crippen LogP contribution in [0.4, 0.5) is 0 Å². The molecule has 1 nitrogen and oxygen atoms in total. The maximum atomic E-state index is 3.59. The fraction of sp³-hybridized carbons (Fsp3) is 1.00. The average Bonchev–Trinajstić information content (AvgIpc) is 2.28. The van der Waals surface area contributed by atoms with Crippen molar-refractivity contribution in [2.75, 3.05) is 13.1 Å². The van der Waals surface area contributed by atoms with Crippen molar-refractivity contribution in [2.24, 2.45) is 11.8 Å². The first-order chi connectivity index (χ1) is 8.20. The van der Waals surface area contributed by atoms with Crippen molar-refractivity contribution in [1.29, 1.82) is 0 Å². The maximum Gasteiger partial charge on any atom is -0.00204 e. The van der Waals surface area contributed by atoms with Crippen LogP contribution in [-0.2, 0) is 0 Å². The third kappa shape index (κ3) is 12.2. The molecule has 104 valence electrons. The Morgan fingerprint density at radius 1 is 0.882 bits per heavy atom. The summed E-state index contributed by atoms with van der Waals surface area (Å²) in [5.41, 5.74) is 0. The van der Waals surface area contributed by atoms with E-state index in [4.69, 9.17) is 0 Å². The molecule has 1 atom stereocenters. The summed E-state index contributed by atoms with van der Waals surface area (Å²) in [6, 6.07) is 0. The first kappa shape index (κ1) is 17.0. The van der Waals surface area contributed by atoms with Gasteiger partial charge >= 0.3 is 0 Å². The number of rotatable bonds is 12. The molecule has 0 aliphatic carbocycles. The van der Waals surface area contributed by atoms with Gasteiger partial charge < -0.3 is 5.32 Å². The molecule has 17 heavy (non-hydrogen) atoms. The number of nitrogens with one attached hydrogen (secondary N) is 1. The Hall–Kier alpha value is -0.0400. The van der Waals surface area contributed by atoms with E-state index in [1.807, 2.05) is 0 Å². The number of unbranched alkanes of at least 4 members (excludes halogenated alkanes) is 4. The largest absolute Gasteiger partial charge is 0.316 e. The highest BCUT2D eigenvalue weighted by Crippen LogP contribution is 2.18. The Morgan fingerprint density at radius 3 is 2.18 bits per heavy atom. The van der Waals surface area contributed by atoms with Crippen LogP contribution in [0.5, 0.6) is 0 Å². The van der Waals surface area contributed by atoms with Gasteiger partial charge in [-0.05, 0) is 44.2 Å². The summed E-state index contributed by atoms with van der Waals surface area (Å²) in [7, 11) is 0. The van der Waals surface area contributed by atoms with Crippen LogP contribution in [0.3, 0.4) is 0 Å². The molecule has 1 N–H and O–H groups in total. The third-order valence-electron chi connectivity index (χ3n) is 3.38. The molecule has 0 heterocycles. The lowest BCUT2D eigenvalue weighted by molar-refractivity contribution is 0.354. The van der Waals surface area contributed by atoms with Crippen LogP contribution in [0.2, 0.25) is 0 Å². The topological polar surface area (TPSA) is 12.0 Å². The summed E-state index contributed by atoms with van der Waals surface area (Å²) in [6.45, 7) is 11.7. The van der Waals surface area contributed by atoms with Gasteiger partial charge in [0.05, 0.1) is 0 Å². The molecule has 0 radical (unpaired) electrons. The molecule has 0 bridgehead atoms. The lowest BCUT2D eigenvalue weighted by Crippen LogP contribution is -2.24. The Kier molecular flexibility index (Phi) is 12.4. The van der Waals surface area contributed by atoms with Crippen molar-refractivity contribution >= 4 is 0 Å². The summed E-state index contributed by atoms with van der Waals surface area (Å²) in [5.74, 6) is 1.75. The molecular weight excluding hydrogens is 206 g/mol. The van der Waals surface area contributed by atoms with Gasteiger partial charge in [0.25, 0.3) is 0 Å². The second kappa shape index (κ2) is 12.4. The predicted octanol–water partition coefficient (Wildman–Crippen LogP) is 5.01. The van der Waals surface area contributed by atoms with Crippen molar-refractivity contribution < 1.29 is 0 Å². The lowest BCUT2D eigenvalue weighted by Gasteiger charge is -2.19. The van der Waals surface area contributed by atoms with Gasteiger partial charge in [-0.1, -0.05) is 59.8 Å². The van der Waals surface area contributed by atoms with Crippen LogP contribution in [0.1, 0.15) is 79.1 Å². The molecule has 0 saturated heterocycles. The van der Waals surface area contributed by atoms with Crippen molar-refractivity contribution in [2.45, 2.75) is 79.1 Å². The molecule has 0 amide bonds. The Balaban J connectivity index is 3.61. The third-order valence-corrected chi connectivity index (χ3v) is 3.38. The van der Waals surface area contributed by atoms with E-state index in [9.17, 15) is 0 Å². The van der Waals surface area contributed by atoms with Gasteiger partial charge in [0, 0.05) is 0 Å². The molecule has 0 aliphatic heterocycles. The summed E-state index contributed by atoms with van der Waals surface area (Å²) >= 11 is 0. The molecule has 0 aliphatic rings. The number of hydrogen-bond acceptors (Lipinski definition) is 1. The fourth-order valence-corrected chi connectivity index (χ4v) is 2.49. The zero-order valence-corrected chi connectivity index (χ0v) is 12.7. The van der Waals surface area contributed by atoms with E-state index in [-0.39, 0.29) is 0 Å².